The van der Waals surface area contributed by atoms with Crippen molar-refractivity contribution in [2.75, 3.05) is 0 Å². The fraction of sp³-hybridized carbons (Fsp3) is 0.571. The largest absolute Gasteiger partial charge is 0.472 e. The number of aromatic nitrogens is 1. The van der Waals surface area contributed by atoms with Gasteiger partial charge in [0, 0.05) is 12.4 Å². The lowest BCUT2D eigenvalue weighted by molar-refractivity contribution is 0.469. The van der Waals surface area contributed by atoms with Gasteiger partial charge in [0.05, 0.1) is 12.5 Å². The Morgan fingerprint density at radius 2 is 0.757 bits per heavy atom. The Hall–Kier alpha value is -2.35. The Balaban J connectivity index is -0.000000111. The van der Waals surface area contributed by atoms with Crippen molar-refractivity contribution in [1.29, 1.82) is 0 Å². The fourth-order valence-corrected chi connectivity index (χ4v) is 1.39. The van der Waals surface area contributed by atoms with Crippen molar-refractivity contribution >= 4 is 0 Å². The summed E-state index contributed by atoms with van der Waals surface area (Å²) in [6.45, 7) is 36.0. The van der Waals surface area contributed by atoms with Crippen molar-refractivity contribution in [3.63, 3.8) is 0 Å². The molecule has 0 aliphatic carbocycles. The molecule has 0 atom stereocenters. The molecule has 0 aliphatic heterocycles. The van der Waals surface area contributed by atoms with Gasteiger partial charge < -0.3 is 4.42 Å². The van der Waals surface area contributed by atoms with Crippen LogP contribution in [0.15, 0.2) is 90.0 Å². The minimum absolute atomic E-state index is 0.229. The predicted molar refractivity (Wildman–Crippen MR) is 172 cm³/mol. The Labute approximate surface area is 234 Å². The highest BCUT2D eigenvalue weighted by molar-refractivity contribution is 5.15. The molecular weight excluding hydrogens is 450 g/mol. The van der Waals surface area contributed by atoms with Gasteiger partial charge in [-0.2, -0.15) is 0 Å². The maximum atomic E-state index is 4.94. The summed E-state index contributed by atoms with van der Waals surface area (Å²) in [7, 11) is 0. The zero-order valence-corrected chi connectivity index (χ0v) is 27.9. The number of hydrogen-bond acceptors (Lipinski definition) is 2. The average Bonchev–Trinajstić information content (AvgIpc) is 3.40. The van der Waals surface area contributed by atoms with Crippen molar-refractivity contribution in [1.82, 2.24) is 4.98 Å². The van der Waals surface area contributed by atoms with Gasteiger partial charge in [-0.3, -0.25) is 4.98 Å². The summed E-state index contributed by atoms with van der Waals surface area (Å²) in [6, 6.07) is 19.7. The smallest absolute Gasteiger partial charge is 0.0939 e. The minimum Gasteiger partial charge on any atom is -0.472 e. The van der Waals surface area contributed by atoms with Gasteiger partial charge in [0.25, 0.3) is 0 Å². The van der Waals surface area contributed by atoms with E-state index in [4.69, 9.17) is 4.42 Å². The quantitative estimate of drug-likeness (QED) is 0.297. The normalized spacial score (nSPS) is 9.22. The summed E-state index contributed by atoms with van der Waals surface area (Å²) in [5, 5.41) is 0. The molecule has 37 heavy (non-hydrogen) atoms. The first-order chi connectivity index (χ1) is 17.1. The molecule has 0 unspecified atom stereocenters. The van der Waals surface area contributed by atoms with Crippen LogP contribution in [0, 0.1) is 10.8 Å². The van der Waals surface area contributed by atoms with Crippen LogP contribution in [0.1, 0.15) is 123 Å². The van der Waals surface area contributed by atoms with E-state index in [-0.39, 0.29) is 5.41 Å². The molecule has 2 nitrogen and oxygen atoms in total. The average molecular weight is 516 g/mol. The van der Waals surface area contributed by atoms with Crippen LogP contribution in [0.5, 0.6) is 0 Å². The molecule has 3 aromatic rings. The zero-order valence-electron chi connectivity index (χ0n) is 27.9. The number of pyridine rings is 1. The molecule has 2 aromatic heterocycles. The molecule has 1 aromatic carbocycles. The van der Waals surface area contributed by atoms with Crippen LogP contribution < -0.4 is 0 Å². The van der Waals surface area contributed by atoms with E-state index in [1.807, 2.05) is 102 Å². The lowest BCUT2D eigenvalue weighted by Crippen LogP contribution is -2.08. The van der Waals surface area contributed by atoms with Crippen LogP contribution in [0.3, 0.4) is 0 Å². The van der Waals surface area contributed by atoms with E-state index in [1.54, 1.807) is 24.9 Å². The second kappa shape index (κ2) is 29.9. The summed E-state index contributed by atoms with van der Waals surface area (Å²) in [6.07, 6.45) is 7.00. The molecule has 2 heterocycles. The third kappa shape index (κ3) is 65.7. The van der Waals surface area contributed by atoms with Crippen molar-refractivity contribution in [3.8, 4) is 0 Å². The molecule has 0 bridgehead atoms. The fourth-order valence-electron chi connectivity index (χ4n) is 1.39. The molecule has 0 radical (unpaired) electrons. The van der Waals surface area contributed by atoms with Crippen LogP contribution in [0.4, 0.5) is 0 Å². The summed E-state index contributed by atoms with van der Waals surface area (Å²) in [5.74, 6) is 0. The molecule has 0 fully saturated rings. The maximum absolute atomic E-state index is 4.94. The number of nitrogens with zero attached hydrogens (tertiary/aromatic N) is 1. The number of benzene rings is 1. The molecule has 0 saturated heterocycles. The van der Waals surface area contributed by atoms with Crippen LogP contribution in [-0.4, -0.2) is 4.98 Å². The molecule has 0 spiro atoms. The topological polar surface area (TPSA) is 26.0 Å². The van der Waals surface area contributed by atoms with E-state index in [0.717, 1.165) is 0 Å². The van der Waals surface area contributed by atoms with E-state index >= 15 is 0 Å². The molecule has 3 rings (SSSR count). The summed E-state index contributed by atoms with van der Waals surface area (Å²) >= 11 is 0. The van der Waals surface area contributed by atoms with Gasteiger partial charge in [-0.1, -0.05) is 160 Å². The predicted octanol–water partition coefficient (Wildman–Crippen LogP) is 12.5. The van der Waals surface area contributed by atoms with Gasteiger partial charge in [0.2, 0.25) is 0 Å². The van der Waals surface area contributed by atoms with Crippen molar-refractivity contribution < 1.29 is 4.42 Å². The van der Waals surface area contributed by atoms with E-state index in [9.17, 15) is 0 Å². The van der Waals surface area contributed by atoms with Crippen molar-refractivity contribution in [2.45, 2.75) is 123 Å². The van der Waals surface area contributed by atoms with Gasteiger partial charge in [0.1, 0.15) is 0 Å². The molecule has 0 N–H and O–H groups in total. The Kier molecular flexibility index (Phi) is 36.0. The Morgan fingerprint density at radius 3 is 0.865 bits per heavy atom. The first-order valence-corrected chi connectivity index (χ1v) is 14.0. The lowest BCUT2D eigenvalue weighted by atomic mass is 9.89. The van der Waals surface area contributed by atoms with Crippen LogP contribution in [-0.2, 0) is 5.41 Å². The summed E-state index contributed by atoms with van der Waals surface area (Å²) in [4.78, 5) is 3.78. The lowest BCUT2D eigenvalue weighted by Gasteiger charge is -2.14. The van der Waals surface area contributed by atoms with Crippen LogP contribution in [0.2, 0.25) is 0 Å². The highest BCUT2D eigenvalue weighted by atomic mass is 16.3. The molecule has 0 amide bonds. The van der Waals surface area contributed by atoms with E-state index in [0.29, 0.717) is 10.8 Å². The van der Waals surface area contributed by atoms with Gasteiger partial charge in [-0.15, -0.1) is 0 Å². The number of hydrogen-bond donors (Lipinski definition) is 0. The molecule has 0 saturated carbocycles. The third-order valence-electron chi connectivity index (χ3n) is 2.62. The first-order valence-electron chi connectivity index (χ1n) is 14.0. The number of furan rings is 1. The van der Waals surface area contributed by atoms with Gasteiger partial charge >= 0.3 is 0 Å². The standard InChI is InChI=1S/C8H12O.C6H6.C5H5N.2C5H12.3C2H6/c1-8(2,3)7-4-5-9-6-7;2*1-2-4-6-5-3-1;2*1-5(2,3)4;3*1-2/h4-6H,1-3H3;1-6H;1-5H;2*1-4H3;3*1-2H3. The minimum atomic E-state index is 0.229. The van der Waals surface area contributed by atoms with Crippen LogP contribution in [0.25, 0.3) is 0 Å². The van der Waals surface area contributed by atoms with Gasteiger partial charge in [-0.25, -0.2) is 0 Å². The monoisotopic (exact) mass is 516 g/mol. The third-order valence-corrected chi connectivity index (χ3v) is 2.62. The number of rotatable bonds is 0. The van der Waals surface area contributed by atoms with E-state index in [1.165, 1.54) is 5.56 Å². The van der Waals surface area contributed by atoms with E-state index < -0.39 is 0 Å². The second-order valence-corrected chi connectivity index (χ2v) is 11.4. The molecular formula is C35H65NO. The Bertz CT molecular complexity index is 589. The van der Waals surface area contributed by atoms with E-state index in [2.05, 4.69) is 81.1 Å². The van der Waals surface area contributed by atoms with Gasteiger partial charge in [0.15, 0.2) is 0 Å². The Morgan fingerprint density at radius 1 is 0.486 bits per heavy atom. The molecule has 2 heteroatoms. The first kappa shape index (κ1) is 44.6. The summed E-state index contributed by atoms with van der Waals surface area (Å²) in [5.41, 5.74) is 2.48. The highest BCUT2D eigenvalue weighted by Gasteiger charge is 2.13. The van der Waals surface area contributed by atoms with Crippen LogP contribution >= 0.6 is 0 Å². The second-order valence-electron chi connectivity index (χ2n) is 11.4. The van der Waals surface area contributed by atoms with Crippen molar-refractivity contribution in [3.05, 3.63) is 91.1 Å². The van der Waals surface area contributed by atoms with Crippen molar-refractivity contribution in [2.24, 2.45) is 10.8 Å². The molecule has 0 aliphatic rings. The highest BCUT2D eigenvalue weighted by Crippen LogP contribution is 2.21. The van der Waals surface area contributed by atoms with Gasteiger partial charge in [-0.05, 0) is 40.0 Å². The SMILES string of the molecule is CC.CC.CC.CC(C)(C)C.CC(C)(C)C.CC(C)(C)c1ccoc1.c1ccccc1.c1ccncc1. The zero-order chi connectivity index (χ0) is 30.4. The summed E-state index contributed by atoms with van der Waals surface area (Å²) < 4.78 is 4.94. The maximum Gasteiger partial charge on any atom is 0.0939 e. The molecule has 216 valence electrons.